The Morgan fingerprint density at radius 1 is 1.58 bits per heavy atom. The van der Waals surface area contributed by atoms with E-state index < -0.39 is 32.0 Å². The summed E-state index contributed by atoms with van der Waals surface area (Å²) in [7, 11) is 0. The zero-order valence-electron chi connectivity index (χ0n) is 15.7. The molecule has 1 aliphatic rings. The van der Waals surface area contributed by atoms with Gasteiger partial charge in [-0.2, -0.15) is 0 Å². The van der Waals surface area contributed by atoms with E-state index in [-0.39, 0.29) is 19.7 Å². The van der Waals surface area contributed by atoms with Crippen molar-refractivity contribution in [1.29, 1.82) is 0 Å². The summed E-state index contributed by atoms with van der Waals surface area (Å²) in [4.78, 5) is 0.270. The van der Waals surface area contributed by atoms with Gasteiger partial charge in [0, 0.05) is 31.5 Å². The highest BCUT2D eigenvalue weighted by Crippen LogP contribution is 2.29. The second-order valence-corrected chi connectivity index (χ2v) is 4.18. The van der Waals surface area contributed by atoms with E-state index >= 15 is 0 Å². The van der Waals surface area contributed by atoms with Crippen molar-refractivity contribution in [3.63, 3.8) is 0 Å². The number of nitrogens with one attached hydrogen (secondary N) is 1. The number of halogens is 1. The molecule has 66 valence electrons. The van der Waals surface area contributed by atoms with Crippen LogP contribution in [0.3, 0.4) is 0 Å². The van der Waals surface area contributed by atoms with E-state index in [1.165, 1.54) is 0 Å². The van der Waals surface area contributed by atoms with Gasteiger partial charge in [0.25, 0.3) is 0 Å². The topological polar surface area (TPSA) is 15.3 Å². The predicted molar refractivity (Wildman–Crippen MR) is 57.1 cm³/mol. The van der Waals surface area contributed by atoms with E-state index in [2.05, 4.69) is 15.9 Å². The van der Waals surface area contributed by atoms with Crippen molar-refractivity contribution >= 4 is 32.3 Å². The third-order valence-electron chi connectivity index (χ3n) is 1.12. The van der Waals surface area contributed by atoms with E-state index in [4.69, 9.17) is 13.7 Å². The summed E-state index contributed by atoms with van der Waals surface area (Å²) in [5, 5.41) is 1.35. The molecule has 0 saturated carbocycles. The summed E-state index contributed by atoms with van der Waals surface area (Å²) < 4.78 is 78.1. The summed E-state index contributed by atoms with van der Waals surface area (Å²) >= 11 is 3.68. The Labute approximate surface area is 98.8 Å². The van der Waals surface area contributed by atoms with Crippen LogP contribution in [-0.2, 0) is 0 Å². The van der Waals surface area contributed by atoms with Crippen molar-refractivity contribution in [2.24, 2.45) is 0 Å². The number of piperazine rings is 1. The third kappa shape index (κ3) is 1.81. The van der Waals surface area contributed by atoms with E-state index in [0.29, 0.717) is 11.3 Å². The number of thiophene rings is 1. The molecule has 1 saturated heterocycles. The smallest absolute Gasteiger partial charge is 0.0921 e. The second-order valence-electron chi connectivity index (χ2n) is 1.86. The number of hydrogen-bond donors (Lipinski definition) is 1. The largest absolute Gasteiger partial charge is 0.361 e. The van der Waals surface area contributed by atoms with Crippen LogP contribution >= 0.6 is 27.3 Å². The number of hydrogen-bond acceptors (Lipinski definition) is 3. The molecule has 0 spiro atoms. The molecule has 12 heavy (non-hydrogen) atoms. The van der Waals surface area contributed by atoms with Gasteiger partial charge >= 0.3 is 0 Å². The fraction of sp³-hybridized carbons (Fsp3) is 0.500. The quantitative estimate of drug-likeness (QED) is 0.827. The second kappa shape index (κ2) is 3.77. The Bertz CT molecular complexity index is 588. The van der Waals surface area contributed by atoms with Crippen LogP contribution < -0.4 is 10.2 Å². The SMILES string of the molecule is [2H]c1c(Br)sc(N2C([2H])([2H])C([2H])([2H])NC([2H])([2H])C2([2H])[2H])c1[2H]. The van der Waals surface area contributed by atoms with Crippen LogP contribution in [0, 0.1) is 0 Å². The molecular formula is C8H11BrN2S. The molecule has 0 amide bonds. The Morgan fingerprint density at radius 2 is 2.33 bits per heavy atom. The van der Waals surface area contributed by atoms with Crippen molar-refractivity contribution in [2.45, 2.75) is 0 Å². The predicted octanol–water partition coefficient (Wildman–Crippen LogP) is 1.92. The average molecular weight is 257 g/mol. The van der Waals surface area contributed by atoms with Crippen LogP contribution in [0.15, 0.2) is 15.9 Å². The molecule has 2 rings (SSSR count). The Kier molecular flexibility index (Phi) is 0.852. The minimum Gasteiger partial charge on any atom is -0.361 e. The molecule has 0 atom stereocenters. The highest BCUT2D eigenvalue weighted by Gasteiger charge is 2.11. The normalized spacial score (nSPS) is 47.2. The Morgan fingerprint density at radius 3 is 2.92 bits per heavy atom. The summed E-state index contributed by atoms with van der Waals surface area (Å²) in [5.74, 6) is 0. The summed E-state index contributed by atoms with van der Waals surface area (Å²) in [6.07, 6.45) is 0. The molecule has 1 aliphatic heterocycles. The lowest BCUT2D eigenvalue weighted by atomic mass is 10.4. The third-order valence-corrected chi connectivity index (χ3v) is 2.56. The van der Waals surface area contributed by atoms with Crippen molar-refractivity contribution in [1.82, 2.24) is 5.32 Å². The van der Waals surface area contributed by atoms with Gasteiger partial charge in [0.15, 0.2) is 0 Å². The van der Waals surface area contributed by atoms with Crippen molar-refractivity contribution in [3.05, 3.63) is 15.9 Å². The van der Waals surface area contributed by atoms with Crippen LogP contribution in [0.1, 0.15) is 13.7 Å². The van der Waals surface area contributed by atoms with Crippen molar-refractivity contribution in [2.75, 3.05) is 30.9 Å². The number of nitrogens with zero attached hydrogens (tertiary/aromatic N) is 1. The molecule has 0 unspecified atom stereocenters. The fourth-order valence-electron chi connectivity index (χ4n) is 0.669. The summed E-state index contributed by atoms with van der Waals surface area (Å²) in [6.45, 7) is -11.8. The standard InChI is InChI=1S/C8H11BrN2S/c9-7-1-2-8(12-7)11-5-3-10-4-6-11/h1-2,10H,3-6H2/i1D,2D,3D2,4D2,5D2,6D2. The van der Waals surface area contributed by atoms with E-state index in [1.807, 2.05) is 0 Å². The van der Waals surface area contributed by atoms with Gasteiger partial charge in [-0.25, -0.2) is 0 Å². The highest BCUT2D eigenvalue weighted by atomic mass is 79.9. The molecule has 0 radical (unpaired) electrons. The van der Waals surface area contributed by atoms with Gasteiger partial charge in [-0.15, -0.1) is 11.3 Å². The first-order chi connectivity index (χ1) is 9.67. The van der Waals surface area contributed by atoms with Gasteiger partial charge in [-0.3, -0.25) is 0 Å². The van der Waals surface area contributed by atoms with Gasteiger partial charge in [0.05, 0.1) is 17.0 Å². The maximum absolute atomic E-state index is 7.93. The molecule has 0 aromatic carbocycles. The zero-order valence-corrected chi connectivity index (χ0v) is 8.14. The molecule has 2 nitrogen and oxygen atoms in total. The minimum absolute atomic E-state index is 0.152. The number of rotatable bonds is 1. The van der Waals surface area contributed by atoms with Gasteiger partial charge in [-0.05, 0) is 28.0 Å². The first kappa shape index (κ1) is 2.72. The molecule has 1 N–H and O–H groups in total. The summed E-state index contributed by atoms with van der Waals surface area (Å²) in [6, 6.07) is -0.801. The molecule has 4 heteroatoms. The molecule has 0 aliphatic carbocycles. The lowest BCUT2D eigenvalue weighted by molar-refractivity contribution is 0.592. The molecule has 1 aromatic heterocycles. The maximum atomic E-state index is 7.93. The van der Waals surface area contributed by atoms with Crippen LogP contribution in [0.25, 0.3) is 0 Å². The lowest BCUT2D eigenvalue weighted by Gasteiger charge is -2.27. The minimum atomic E-state index is -2.99. The maximum Gasteiger partial charge on any atom is 0.0921 e. The molecule has 0 bridgehead atoms. The summed E-state index contributed by atoms with van der Waals surface area (Å²) in [5.41, 5.74) is 0. The van der Waals surface area contributed by atoms with Crippen molar-refractivity contribution in [3.8, 4) is 0 Å². The van der Waals surface area contributed by atoms with E-state index in [0.717, 1.165) is 0 Å². The van der Waals surface area contributed by atoms with Crippen LogP contribution in [-0.4, -0.2) is 26.0 Å². The van der Waals surface area contributed by atoms with Crippen molar-refractivity contribution < 1.29 is 13.7 Å². The Hall–Kier alpha value is -0.0600. The molecular weight excluding hydrogens is 236 g/mol. The number of anilines is 1. The molecule has 2 heterocycles. The van der Waals surface area contributed by atoms with Gasteiger partial charge in [0.1, 0.15) is 0 Å². The monoisotopic (exact) mass is 256 g/mol. The lowest BCUT2D eigenvalue weighted by Crippen LogP contribution is -2.43. The van der Waals surface area contributed by atoms with Gasteiger partial charge < -0.3 is 10.2 Å². The Balaban J connectivity index is 2.75. The first-order valence-electron chi connectivity index (χ1n) is 8.02. The van der Waals surface area contributed by atoms with Crippen LogP contribution in [0.2, 0.25) is 0 Å². The first-order valence-corrected chi connectivity index (χ1v) is 4.63. The van der Waals surface area contributed by atoms with Crippen LogP contribution in [0.5, 0.6) is 0 Å². The van der Waals surface area contributed by atoms with Gasteiger partial charge in [0.2, 0.25) is 0 Å². The van der Waals surface area contributed by atoms with Crippen LogP contribution in [0.4, 0.5) is 5.00 Å². The van der Waals surface area contributed by atoms with Gasteiger partial charge in [-0.1, -0.05) is 0 Å². The molecule has 1 aromatic rings. The van der Waals surface area contributed by atoms with E-state index in [9.17, 15) is 0 Å². The highest BCUT2D eigenvalue weighted by molar-refractivity contribution is 9.11. The van der Waals surface area contributed by atoms with E-state index in [1.54, 1.807) is 5.32 Å². The molecule has 1 fully saturated rings. The average Bonchev–Trinajstić information content (AvgIpc) is 2.54. The fourth-order valence-corrected chi connectivity index (χ4v) is 1.78. The zero-order chi connectivity index (χ0) is 17.3.